The molecule has 1 heterocycles. The van der Waals surface area contributed by atoms with Crippen molar-refractivity contribution in [2.75, 3.05) is 12.4 Å². The zero-order chi connectivity index (χ0) is 28.3. The van der Waals surface area contributed by atoms with Gasteiger partial charge in [0.1, 0.15) is 5.69 Å². The van der Waals surface area contributed by atoms with Crippen molar-refractivity contribution in [2.24, 2.45) is 17.6 Å². The maximum atomic E-state index is 13.0. The number of aromatic nitrogens is 2. The highest BCUT2D eigenvalue weighted by molar-refractivity contribution is 5.91. The summed E-state index contributed by atoms with van der Waals surface area (Å²) in [5.74, 6) is 1.57. The zero-order valence-electron chi connectivity index (χ0n) is 23.9. The molecule has 2 saturated carbocycles. The normalized spacial score (nSPS) is 24.1. The minimum atomic E-state index is -0.234. The number of nitrogens with one attached hydrogen (secondary N) is 1. The summed E-state index contributed by atoms with van der Waals surface area (Å²) >= 11 is 0. The summed E-state index contributed by atoms with van der Waals surface area (Å²) in [6.45, 7) is 4.14. The highest BCUT2D eigenvalue weighted by Crippen LogP contribution is 2.43. The summed E-state index contributed by atoms with van der Waals surface area (Å²) in [6.07, 6.45) is 6.76. The van der Waals surface area contributed by atoms with Crippen molar-refractivity contribution in [3.05, 3.63) is 66.2 Å². The van der Waals surface area contributed by atoms with Gasteiger partial charge in [-0.3, -0.25) is 9.59 Å². The summed E-state index contributed by atoms with van der Waals surface area (Å²) in [4.78, 5) is 26.9. The fourth-order valence-corrected chi connectivity index (χ4v) is 6.53. The first-order chi connectivity index (χ1) is 19.3. The molecule has 0 saturated heterocycles. The summed E-state index contributed by atoms with van der Waals surface area (Å²) in [5, 5.41) is 12.0. The van der Waals surface area contributed by atoms with Gasteiger partial charge in [0.05, 0.1) is 0 Å². The van der Waals surface area contributed by atoms with E-state index in [1.54, 1.807) is 0 Å². The molecule has 3 aromatic rings. The number of carbonyl (C=O) groups excluding carboxylic acids is 2. The molecule has 0 radical (unpaired) electrons. The first-order valence-corrected chi connectivity index (χ1v) is 14.6. The second-order valence-electron chi connectivity index (χ2n) is 11.9. The Morgan fingerprint density at radius 3 is 2.27 bits per heavy atom. The fraction of sp³-hybridized carbons (Fsp3) is 0.455. The molecule has 2 aromatic carbocycles. The molecule has 2 amide bonds. The maximum absolute atomic E-state index is 13.0. The van der Waals surface area contributed by atoms with Crippen LogP contribution in [0, 0.1) is 11.8 Å². The van der Waals surface area contributed by atoms with E-state index in [2.05, 4.69) is 46.7 Å². The van der Waals surface area contributed by atoms with Gasteiger partial charge in [-0.1, -0.05) is 68.4 Å². The Kier molecular flexibility index (Phi) is 8.31. The van der Waals surface area contributed by atoms with Crippen LogP contribution in [0.15, 0.2) is 60.7 Å². The van der Waals surface area contributed by atoms with Crippen LogP contribution in [0.4, 0.5) is 5.82 Å². The molecule has 3 N–H and O–H groups in total. The van der Waals surface area contributed by atoms with Crippen molar-refractivity contribution in [1.82, 2.24) is 15.1 Å². The summed E-state index contributed by atoms with van der Waals surface area (Å²) in [5.41, 5.74) is 11.2. The van der Waals surface area contributed by atoms with Gasteiger partial charge in [-0.05, 0) is 67.6 Å². The van der Waals surface area contributed by atoms with Crippen LogP contribution in [0.5, 0.6) is 0 Å². The summed E-state index contributed by atoms with van der Waals surface area (Å²) in [7, 11) is 1.90. The third-order valence-corrected chi connectivity index (χ3v) is 8.84. The number of benzene rings is 2. The van der Waals surface area contributed by atoms with Crippen LogP contribution in [-0.4, -0.2) is 40.0 Å². The van der Waals surface area contributed by atoms with Gasteiger partial charge < -0.3 is 16.0 Å². The molecule has 0 atom stereocenters. The average Bonchev–Trinajstić information content (AvgIpc) is 2.96. The van der Waals surface area contributed by atoms with E-state index < -0.39 is 0 Å². The van der Waals surface area contributed by atoms with Crippen LogP contribution in [0.25, 0.3) is 22.4 Å². The van der Waals surface area contributed by atoms with Gasteiger partial charge >= 0.3 is 0 Å². The fourth-order valence-electron chi connectivity index (χ4n) is 6.53. The molecule has 2 fully saturated rings. The third kappa shape index (κ3) is 6.09. The molecule has 210 valence electrons. The first-order valence-electron chi connectivity index (χ1n) is 14.6. The van der Waals surface area contributed by atoms with Crippen molar-refractivity contribution in [2.45, 2.75) is 76.8 Å². The Labute approximate surface area is 237 Å². The van der Waals surface area contributed by atoms with Crippen molar-refractivity contribution in [1.29, 1.82) is 0 Å². The molecule has 0 aliphatic heterocycles. The monoisotopic (exact) mass is 539 g/mol. The van der Waals surface area contributed by atoms with Crippen LogP contribution < -0.4 is 11.1 Å². The van der Waals surface area contributed by atoms with Crippen molar-refractivity contribution < 1.29 is 9.59 Å². The number of anilines is 1. The van der Waals surface area contributed by atoms with Crippen LogP contribution in [0.1, 0.15) is 70.8 Å². The number of hydrogen-bond donors (Lipinski definition) is 2. The highest BCUT2D eigenvalue weighted by Gasteiger charge is 2.39. The minimum absolute atomic E-state index is 0.0465. The van der Waals surface area contributed by atoms with Crippen molar-refractivity contribution in [3.63, 3.8) is 0 Å². The lowest BCUT2D eigenvalue weighted by molar-refractivity contribution is -0.132. The summed E-state index contributed by atoms with van der Waals surface area (Å²) in [6, 6.07) is 20.6. The van der Waals surface area contributed by atoms with Gasteiger partial charge in [-0.25, -0.2) is 0 Å². The number of carbonyl (C=O) groups is 2. The Balaban J connectivity index is 1.28. The first kappa shape index (κ1) is 28.0. The molecule has 7 nitrogen and oxygen atoms in total. The molecular weight excluding hydrogens is 498 g/mol. The third-order valence-electron chi connectivity index (χ3n) is 8.84. The van der Waals surface area contributed by atoms with Crippen molar-refractivity contribution >= 4 is 17.6 Å². The predicted molar refractivity (Wildman–Crippen MR) is 159 cm³/mol. The molecule has 0 bridgehead atoms. The Morgan fingerprint density at radius 1 is 0.975 bits per heavy atom. The smallest absolute Gasteiger partial charge is 0.225 e. The lowest BCUT2D eigenvalue weighted by atomic mass is 9.66. The molecule has 2 aliphatic rings. The van der Waals surface area contributed by atoms with Gasteiger partial charge in [-0.2, -0.15) is 0 Å². The van der Waals surface area contributed by atoms with Gasteiger partial charge in [0.15, 0.2) is 5.82 Å². The number of nitrogens with two attached hydrogens (primary N) is 1. The molecule has 7 heteroatoms. The van der Waals surface area contributed by atoms with E-state index in [0.29, 0.717) is 30.5 Å². The Hall–Kier alpha value is -3.58. The lowest BCUT2D eigenvalue weighted by Crippen LogP contribution is -2.47. The molecule has 2 aliphatic carbocycles. The Morgan fingerprint density at radius 2 is 1.65 bits per heavy atom. The average molecular weight is 540 g/mol. The maximum Gasteiger partial charge on any atom is 0.225 e. The largest absolute Gasteiger partial charge is 0.343 e. The minimum Gasteiger partial charge on any atom is -0.343 e. The van der Waals surface area contributed by atoms with Crippen LogP contribution >= 0.6 is 0 Å². The zero-order valence-corrected chi connectivity index (χ0v) is 23.9. The molecule has 0 spiro atoms. The number of nitrogens with zero attached hydrogens (tertiary/aromatic N) is 3. The molecule has 1 aromatic heterocycles. The second-order valence-corrected chi connectivity index (χ2v) is 11.9. The highest BCUT2D eigenvalue weighted by atomic mass is 16.2. The van der Waals surface area contributed by atoms with Gasteiger partial charge in [0.2, 0.25) is 11.8 Å². The molecular formula is C33H41N5O2. The van der Waals surface area contributed by atoms with Crippen LogP contribution in [-0.2, 0) is 15.1 Å². The number of rotatable bonds is 8. The van der Waals surface area contributed by atoms with Crippen LogP contribution in [0.2, 0.25) is 0 Å². The van der Waals surface area contributed by atoms with E-state index in [1.165, 1.54) is 0 Å². The van der Waals surface area contributed by atoms with Gasteiger partial charge in [0.25, 0.3) is 0 Å². The van der Waals surface area contributed by atoms with E-state index in [-0.39, 0.29) is 23.4 Å². The topological polar surface area (TPSA) is 101 Å². The van der Waals surface area contributed by atoms with E-state index >= 15 is 0 Å². The quantitative estimate of drug-likeness (QED) is 0.358. The SMILES string of the molecule is CCC(=O)N(C)[C@H]1CC[C@H](CC(=O)Nc2cc(-c3ccccc3)c(-c3ccc([C@]4(N)C[C@H](C)C4)cc3)nn2)CC1. The standard InChI is InChI=1S/C33H41N5O2/c1-4-31(40)38(3)27-16-10-23(11-17-27)18-30(39)35-29-19-28(24-8-6-5-7-9-24)32(37-36-29)25-12-14-26(15-13-25)33(34)20-22(2)21-33/h5-9,12-15,19,22-23,27H,4,10-11,16-18,20-21,34H2,1-3H3,(H,35,36,39)/t22-,23-,27-,33-. The number of amides is 2. The van der Waals surface area contributed by atoms with E-state index in [9.17, 15) is 9.59 Å². The molecule has 5 rings (SSSR count). The van der Waals surface area contributed by atoms with Gasteiger partial charge in [-0.15, -0.1) is 10.2 Å². The Bertz CT molecular complexity index is 1330. The second kappa shape index (κ2) is 11.9. The van der Waals surface area contributed by atoms with E-state index in [4.69, 9.17) is 5.73 Å². The number of hydrogen-bond acceptors (Lipinski definition) is 5. The lowest BCUT2D eigenvalue weighted by Gasteiger charge is -2.44. The predicted octanol–water partition coefficient (Wildman–Crippen LogP) is 6.15. The molecule has 40 heavy (non-hydrogen) atoms. The van der Waals surface area contributed by atoms with Crippen LogP contribution in [0.3, 0.4) is 0 Å². The van der Waals surface area contributed by atoms with Crippen molar-refractivity contribution in [3.8, 4) is 22.4 Å². The molecule has 0 unspecified atom stereocenters. The summed E-state index contributed by atoms with van der Waals surface area (Å²) < 4.78 is 0. The van der Waals surface area contributed by atoms with E-state index in [0.717, 1.165) is 66.5 Å². The van der Waals surface area contributed by atoms with Gasteiger partial charge in [0, 0.05) is 42.6 Å². The van der Waals surface area contributed by atoms with E-state index in [1.807, 2.05) is 55.3 Å².